The molecule has 1 fully saturated rings. The standard InChI is InChI=1S/C22H28N2O4/c1-24(15-3-5-19-6-4-16-27-19)22(25)23-17-7-9-20(10-8-17)28-21-13-11-18(26-2)12-14-21/h7-14,19H,3-6,15-16H2,1-2H3,(H,23,25)/t19-/m1/s1. The van der Waals surface area contributed by atoms with Gasteiger partial charge in [-0.3, -0.25) is 0 Å². The van der Waals surface area contributed by atoms with Crippen molar-refractivity contribution in [3.05, 3.63) is 48.5 Å². The minimum absolute atomic E-state index is 0.115. The highest BCUT2D eigenvalue weighted by Gasteiger charge is 2.16. The van der Waals surface area contributed by atoms with Gasteiger partial charge in [0.2, 0.25) is 0 Å². The number of hydrogen-bond donors (Lipinski definition) is 1. The number of amides is 2. The summed E-state index contributed by atoms with van der Waals surface area (Å²) in [5, 5.41) is 2.91. The number of anilines is 1. The molecule has 28 heavy (non-hydrogen) atoms. The van der Waals surface area contributed by atoms with Gasteiger partial charge >= 0.3 is 6.03 Å². The topological polar surface area (TPSA) is 60.0 Å². The van der Waals surface area contributed by atoms with Crippen molar-refractivity contribution in [1.82, 2.24) is 4.90 Å². The molecular weight excluding hydrogens is 356 g/mol. The Morgan fingerprint density at radius 3 is 2.36 bits per heavy atom. The molecule has 150 valence electrons. The third-order valence-corrected chi connectivity index (χ3v) is 4.79. The molecule has 0 aliphatic carbocycles. The third kappa shape index (κ3) is 5.89. The van der Waals surface area contributed by atoms with Crippen molar-refractivity contribution in [1.29, 1.82) is 0 Å². The second-order valence-corrected chi connectivity index (χ2v) is 6.93. The van der Waals surface area contributed by atoms with Crippen LogP contribution in [0.5, 0.6) is 17.2 Å². The van der Waals surface area contributed by atoms with Gasteiger partial charge in [0, 0.05) is 25.9 Å². The molecule has 1 atom stereocenters. The van der Waals surface area contributed by atoms with E-state index in [0.29, 0.717) is 18.4 Å². The summed E-state index contributed by atoms with van der Waals surface area (Å²) in [5.74, 6) is 2.21. The van der Waals surface area contributed by atoms with Crippen LogP contribution in [0.25, 0.3) is 0 Å². The Hall–Kier alpha value is -2.73. The molecule has 6 heteroatoms. The lowest BCUT2D eigenvalue weighted by molar-refractivity contribution is 0.101. The van der Waals surface area contributed by atoms with Crippen LogP contribution in [0.15, 0.2) is 48.5 Å². The van der Waals surface area contributed by atoms with E-state index in [-0.39, 0.29) is 6.03 Å². The molecule has 2 aromatic rings. The summed E-state index contributed by atoms with van der Waals surface area (Å²) >= 11 is 0. The van der Waals surface area contributed by atoms with Crippen LogP contribution < -0.4 is 14.8 Å². The number of urea groups is 1. The second-order valence-electron chi connectivity index (χ2n) is 6.93. The van der Waals surface area contributed by atoms with Gasteiger partial charge in [-0.1, -0.05) is 0 Å². The highest BCUT2D eigenvalue weighted by molar-refractivity contribution is 5.89. The van der Waals surface area contributed by atoms with E-state index in [1.54, 1.807) is 12.0 Å². The van der Waals surface area contributed by atoms with Crippen molar-refractivity contribution < 1.29 is 19.0 Å². The van der Waals surface area contributed by atoms with E-state index in [4.69, 9.17) is 14.2 Å². The van der Waals surface area contributed by atoms with Gasteiger partial charge in [0.05, 0.1) is 13.2 Å². The lowest BCUT2D eigenvalue weighted by Gasteiger charge is -2.19. The Bertz CT molecular complexity index is 740. The monoisotopic (exact) mass is 384 g/mol. The van der Waals surface area contributed by atoms with Gasteiger partial charge in [-0.2, -0.15) is 0 Å². The van der Waals surface area contributed by atoms with E-state index in [9.17, 15) is 4.79 Å². The lowest BCUT2D eigenvalue weighted by Crippen LogP contribution is -2.32. The predicted molar refractivity (Wildman–Crippen MR) is 109 cm³/mol. The Morgan fingerprint density at radius 1 is 1.11 bits per heavy atom. The van der Waals surface area contributed by atoms with Crippen LogP contribution in [0.3, 0.4) is 0 Å². The summed E-state index contributed by atoms with van der Waals surface area (Å²) in [6, 6.07) is 14.6. The van der Waals surface area contributed by atoms with E-state index in [2.05, 4.69) is 5.32 Å². The SMILES string of the molecule is COc1ccc(Oc2ccc(NC(=O)N(C)CCC[C@@H]3CCCO3)cc2)cc1. The van der Waals surface area contributed by atoms with Crippen LogP contribution in [-0.2, 0) is 4.74 Å². The maximum absolute atomic E-state index is 12.3. The first-order valence-electron chi connectivity index (χ1n) is 9.70. The van der Waals surface area contributed by atoms with E-state index < -0.39 is 0 Å². The van der Waals surface area contributed by atoms with Crippen molar-refractivity contribution >= 4 is 11.7 Å². The molecule has 0 bridgehead atoms. The molecule has 1 heterocycles. The van der Waals surface area contributed by atoms with E-state index in [0.717, 1.165) is 49.5 Å². The largest absolute Gasteiger partial charge is 0.497 e. The first-order valence-corrected chi connectivity index (χ1v) is 9.70. The molecule has 0 radical (unpaired) electrons. The second kappa shape index (κ2) is 9.99. The Labute approximate surface area is 166 Å². The van der Waals surface area contributed by atoms with Crippen LogP contribution in [0, 0.1) is 0 Å². The molecule has 6 nitrogen and oxygen atoms in total. The summed E-state index contributed by atoms with van der Waals surface area (Å²) in [6.45, 7) is 1.59. The summed E-state index contributed by atoms with van der Waals surface area (Å²) in [5.41, 5.74) is 0.734. The van der Waals surface area contributed by atoms with Crippen molar-refractivity contribution in [2.24, 2.45) is 0 Å². The van der Waals surface area contributed by atoms with Crippen LogP contribution in [0.2, 0.25) is 0 Å². The van der Waals surface area contributed by atoms with Crippen molar-refractivity contribution in [2.45, 2.75) is 31.8 Å². The molecule has 1 aliphatic rings. The third-order valence-electron chi connectivity index (χ3n) is 4.79. The molecule has 0 unspecified atom stereocenters. The fourth-order valence-corrected chi connectivity index (χ4v) is 3.13. The Kier molecular flexibility index (Phi) is 7.14. The first kappa shape index (κ1) is 20.0. The number of nitrogens with one attached hydrogen (secondary N) is 1. The fraction of sp³-hybridized carbons (Fsp3) is 0.409. The van der Waals surface area contributed by atoms with Crippen LogP contribution in [0.1, 0.15) is 25.7 Å². The number of hydrogen-bond acceptors (Lipinski definition) is 4. The van der Waals surface area contributed by atoms with Gasteiger partial charge in [-0.05, 0) is 74.2 Å². The van der Waals surface area contributed by atoms with Crippen LogP contribution >= 0.6 is 0 Å². The summed E-state index contributed by atoms with van der Waals surface area (Å²) < 4.78 is 16.6. The quantitative estimate of drug-likeness (QED) is 0.702. The van der Waals surface area contributed by atoms with Gasteiger partial charge in [-0.25, -0.2) is 4.79 Å². The van der Waals surface area contributed by atoms with Crippen molar-refractivity contribution in [2.75, 3.05) is 32.6 Å². The normalized spacial score (nSPS) is 15.9. The summed E-state index contributed by atoms with van der Waals surface area (Å²) in [4.78, 5) is 14.0. The van der Waals surface area contributed by atoms with E-state index >= 15 is 0 Å². The zero-order valence-corrected chi connectivity index (χ0v) is 16.5. The van der Waals surface area contributed by atoms with E-state index in [1.807, 2.05) is 55.6 Å². The minimum Gasteiger partial charge on any atom is -0.497 e. The smallest absolute Gasteiger partial charge is 0.321 e. The van der Waals surface area contributed by atoms with Gasteiger partial charge in [0.25, 0.3) is 0 Å². The average Bonchev–Trinajstić information content (AvgIpc) is 3.23. The molecule has 1 saturated heterocycles. The van der Waals surface area contributed by atoms with Gasteiger partial charge in [-0.15, -0.1) is 0 Å². The van der Waals surface area contributed by atoms with E-state index in [1.165, 1.54) is 0 Å². The van der Waals surface area contributed by atoms with Crippen LogP contribution in [0.4, 0.5) is 10.5 Å². The molecule has 1 N–H and O–H groups in total. The lowest BCUT2D eigenvalue weighted by atomic mass is 10.1. The number of nitrogens with zero attached hydrogens (tertiary/aromatic N) is 1. The maximum Gasteiger partial charge on any atom is 0.321 e. The first-order chi connectivity index (χ1) is 13.6. The number of methoxy groups -OCH3 is 1. The van der Waals surface area contributed by atoms with Gasteiger partial charge in [0.15, 0.2) is 0 Å². The predicted octanol–water partition coefficient (Wildman–Crippen LogP) is 4.91. The fourth-order valence-electron chi connectivity index (χ4n) is 3.13. The number of carbonyl (C=O) groups is 1. The molecule has 2 amide bonds. The van der Waals surface area contributed by atoms with Gasteiger partial charge < -0.3 is 24.4 Å². The molecule has 2 aromatic carbocycles. The maximum atomic E-state index is 12.3. The molecular formula is C22H28N2O4. The van der Waals surface area contributed by atoms with Crippen molar-refractivity contribution in [3.63, 3.8) is 0 Å². The molecule has 1 aliphatic heterocycles. The Balaban J connectivity index is 1.43. The number of carbonyl (C=O) groups excluding carboxylic acids is 1. The zero-order chi connectivity index (χ0) is 19.8. The van der Waals surface area contributed by atoms with Crippen LogP contribution in [-0.4, -0.2) is 44.3 Å². The minimum atomic E-state index is -0.115. The summed E-state index contributed by atoms with van der Waals surface area (Å²) in [6.07, 6.45) is 4.62. The van der Waals surface area contributed by atoms with Gasteiger partial charge in [0.1, 0.15) is 17.2 Å². The Morgan fingerprint density at radius 2 is 1.75 bits per heavy atom. The molecule has 3 rings (SSSR count). The molecule has 0 saturated carbocycles. The number of ether oxygens (including phenoxy) is 3. The molecule has 0 aromatic heterocycles. The average molecular weight is 384 g/mol. The molecule has 0 spiro atoms. The summed E-state index contributed by atoms with van der Waals surface area (Å²) in [7, 11) is 3.44. The van der Waals surface area contributed by atoms with Crippen molar-refractivity contribution in [3.8, 4) is 17.2 Å². The highest BCUT2D eigenvalue weighted by atomic mass is 16.5. The number of rotatable bonds is 8. The number of benzene rings is 2. The zero-order valence-electron chi connectivity index (χ0n) is 16.5. The highest BCUT2D eigenvalue weighted by Crippen LogP contribution is 2.25.